The van der Waals surface area contributed by atoms with Gasteiger partial charge in [-0.05, 0) is 18.2 Å². The highest BCUT2D eigenvalue weighted by molar-refractivity contribution is 7.99. The molecule has 0 bridgehead atoms. The number of ether oxygens (including phenoxy) is 2. The van der Waals surface area contributed by atoms with E-state index in [1.54, 1.807) is 44.2 Å². The summed E-state index contributed by atoms with van der Waals surface area (Å²) in [6.45, 7) is 0.883. The van der Waals surface area contributed by atoms with Crippen LogP contribution in [0.2, 0.25) is 0 Å². The summed E-state index contributed by atoms with van der Waals surface area (Å²) in [6, 6.07) is 5.19. The predicted octanol–water partition coefficient (Wildman–Crippen LogP) is 1.59. The van der Waals surface area contributed by atoms with Crippen LogP contribution in [0.1, 0.15) is 10.4 Å². The number of rotatable bonds is 4. The summed E-state index contributed by atoms with van der Waals surface area (Å²) < 4.78 is 10.4. The minimum absolute atomic E-state index is 0.0955. The van der Waals surface area contributed by atoms with E-state index in [1.807, 2.05) is 0 Å². The number of hydrogen-bond acceptors (Lipinski definition) is 5. The number of carbonyl (C=O) groups is 1. The predicted molar refractivity (Wildman–Crippen MR) is 73.0 cm³/mol. The van der Waals surface area contributed by atoms with Crippen LogP contribution in [-0.2, 0) is 0 Å². The molecule has 0 radical (unpaired) electrons. The Bertz CT molecular complexity index is 430. The van der Waals surface area contributed by atoms with Gasteiger partial charge in [0, 0.05) is 23.6 Å². The van der Waals surface area contributed by atoms with Gasteiger partial charge in [-0.3, -0.25) is 4.79 Å². The van der Waals surface area contributed by atoms with Crippen LogP contribution >= 0.6 is 11.8 Å². The van der Waals surface area contributed by atoms with Crippen LogP contribution in [0.5, 0.6) is 11.5 Å². The Kier molecular flexibility index (Phi) is 4.49. The minimum Gasteiger partial charge on any atom is -0.493 e. The van der Waals surface area contributed by atoms with Crippen molar-refractivity contribution in [2.75, 3.05) is 32.3 Å². The molecule has 98 valence electrons. The second-order valence-corrected chi connectivity index (χ2v) is 5.17. The number of carbonyl (C=O) groups excluding carboxylic acids is 1. The van der Waals surface area contributed by atoms with Gasteiger partial charge in [0.1, 0.15) is 0 Å². The molecule has 0 aliphatic carbocycles. The van der Waals surface area contributed by atoms with E-state index >= 15 is 0 Å². The van der Waals surface area contributed by atoms with Crippen LogP contribution in [0.3, 0.4) is 0 Å². The lowest BCUT2D eigenvalue weighted by Crippen LogP contribution is -2.43. The molecule has 1 aromatic carbocycles. The Labute approximate surface area is 111 Å². The molecule has 0 amide bonds. The average molecular weight is 267 g/mol. The summed E-state index contributed by atoms with van der Waals surface area (Å²) in [5, 5.41) is 3.24. The highest BCUT2D eigenvalue weighted by atomic mass is 32.2. The van der Waals surface area contributed by atoms with E-state index in [4.69, 9.17) is 9.47 Å². The summed E-state index contributed by atoms with van der Waals surface area (Å²) >= 11 is 1.80. The summed E-state index contributed by atoms with van der Waals surface area (Å²) in [4.78, 5) is 12.3. The molecule has 1 N–H and O–H groups in total. The molecule has 0 aromatic heterocycles. The highest BCUT2D eigenvalue weighted by Gasteiger charge is 2.23. The van der Waals surface area contributed by atoms with E-state index in [9.17, 15) is 4.79 Å². The Hall–Kier alpha value is -1.20. The molecule has 2 rings (SSSR count). The van der Waals surface area contributed by atoms with Crippen molar-refractivity contribution >= 4 is 17.5 Å². The number of nitrogens with one attached hydrogen (secondary N) is 1. The van der Waals surface area contributed by atoms with Crippen LogP contribution in [0, 0.1) is 0 Å². The van der Waals surface area contributed by atoms with E-state index in [0.717, 1.165) is 18.1 Å². The van der Waals surface area contributed by atoms with Gasteiger partial charge in [0.2, 0.25) is 0 Å². The van der Waals surface area contributed by atoms with E-state index in [1.165, 1.54) is 0 Å². The monoisotopic (exact) mass is 267 g/mol. The maximum atomic E-state index is 12.3. The lowest BCUT2D eigenvalue weighted by Gasteiger charge is -2.22. The zero-order valence-corrected chi connectivity index (χ0v) is 11.4. The Morgan fingerprint density at radius 2 is 2.11 bits per heavy atom. The van der Waals surface area contributed by atoms with Crippen molar-refractivity contribution in [2.45, 2.75) is 6.04 Å². The van der Waals surface area contributed by atoms with E-state index in [-0.39, 0.29) is 11.8 Å². The highest BCUT2D eigenvalue weighted by Crippen LogP contribution is 2.28. The third-order valence-electron chi connectivity index (χ3n) is 2.91. The van der Waals surface area contributed by atoms with Crippen molar-refractivity contribution in [3.8, 4) is 11.5 Å². The smallest absolute Gasteiger partial charge is 0.180 e. The van der Waals surface area contributed by atoms with Crippen LogP contribution in [0.15, 0.2) is 18.2 Å². The van der Waals surface area contributed by atoms with E-state index < -0.39 is 0 Å². The normalized spacial score (nSPS) is 19.3. The first-order valence-corrected chi connectivity index (χ1v) is 6.99. The molecule has 1 aliphatic rings. The van der Waals surface area contributed by atoms with Gasteiger partial charge < -0.3 is 14.8 Å². The molecule has 1 aliphatic heterocycles. The molecule has 18 heavy (non-hydrogen) atoms. The molecular formula is C13H17NO3S. The van der Waals surface area contributed by atoms with Crippen molar-refractivity contribution in [3.63, 3.8) is 0 Å². The maximum absolute atomic E-state index is 12.3. The Morgan fingerprint density at radius 3 is 2.72 bits per heavy atom. The fraction of sp³-hybridized carbons (Fsp3) is 0.462. The molecule has 1 atom stereocenters. The lowest BCUT2D eigenvalue weighted by atomic mass is 10.0. The standard InChI is InChI=1S/C13H17NO3S/c1-16-11-4-3-9(7-12(11)17-2)13(15)10-8-18-6-5-14-10/h3-4,7,10,14H,5-6,8H2,1-2H3. The van der Waals surface area contributed by atoms with Gasteiger partial charge >= 0.3 is 0 Å². The lowest BCUT2D eigenvalue weighted by molar-refractivity contribution is 0.0952. The van der Waals surface area contributed by atoms with Gasteiger partial charge in [-0.25, -0.2) is 0 Å². The number of benzene rings is 1. The van der Waals surface area contributed by atoms with Crippen LogP contribution in [0.4, 0.5) is 0 Å². The molecular weight excluding hydrogens is 250 g/mol. The number of methoxy groups -OCH3 is 2. The van der Waals surface area contributed by atoms with Crippen LogP contribution < -0.4 is 14.8 Å². The first-order chi connectivity index (χ1) is 8.76. The van der Waals surface area contributed by atoms with Gasteiger partial charge in [0.05, 0.1) is 20.3 Å². The summed E-state index contributed by atoms with van der Waals surface area (Å²) in [5.74, 6) is 3.23. The second-order valence-electron chi connectivity index (χ2n) is 4.02. The van der Waals surface area contributed by atoms with Crippen LogP contribution in [-0.4, -0.2) is 44.1 Å². The molecule has 1 fully saturated rings. The summed E-state index contributed by atoms with van der Waals surface area (Å²) in [5.41, 5.74) is 0.660. The third kappa shape index (κ3) is 2.79. The zero-order valence-electron chi connectivity index (χ0n) is 10.6. The second kappa shape index (κ2) is 6.11. The fourth-order valence-corrected chi connectivity index (χ4v) is 2.86. The average Bonchev–Trinajstić information content (AvgIpc) is 2.46. The molecule has 4 nitrogen and oxygen atoms in total. The molecule has 1 heterocycles. The van der Waals surface area contributed by atoms with E-state index in [0.29, 0.717) is 17.1 Å². The quantitative estimate of drug-likeness (QED) is 0.840. The first kappa shape index (κ1) is 13.2. The molecule has 1 unspecified atom stereocenters. The van der Waals surface area contributed by atoms with Crippen molar-refractivity contribution in [3.05, 3.63) is 23.8 Å². The van der Waals surface area contributed by atoms with Gasteiger partial charge in [0.15, 0.2) is 17.3 Å². The van der Waals surface area contributed by atoms with E-state index in [2.05, 4.69) is 5.32 Å². The first-order valence-electron chi connectivity index (χ1n) is 5.83. The largest absolute Gasteiger partial charge is 0.493 e. The summed E-state index contributed by atoms with van der Waals surface area (Å²) in [6.07, 6.45) is 0. The van der Waals surface area contributed by atoms with Crippen LogP contribution in [0.25, 0.3) is 0 Å². The number of Topliss-reactive ketones (excluding diaryl/α,β-unsaturated/α-hetero) is 1. The number of ketones is 1. The molecule has 1 aromatic rings. The molecule has 5 heteroatoms. The van der Waals surface area contributed by atoms with Crippen molar-refractivity contribution < 1.29 is 14.3 Å². The summed E-state index contributed by atoms with van der Waals surface area (Å²) in [7, 11) is 3.15. The van der Waals surface area contributed by atoms with Gasteiger partial charge in [-0.1, -0.05) is 0 Å². The van der Waals surface area contributed by atoms with Gasteiger partial charge in [-0.15, -0.1) is 0 Å². The molecule has 0 spiro atoms. The van der Waals surface area contributed by atoms with Gasteiger partial charge in [-0.2, -0.15) is 11.8 Å². The zero-order chi connectivity index (χ0) is 13.0. The molecule has 1 saturated heterocycles. The minimum atomic E-state index is -0.0955. The van der Waals surface area contributed by atoms with Gasteiger partial charge in [0.25, 0.3) is 0 Å². The van der Waals surface area contributed by atoms with Crippen molar-refractivity contribution in [1.29, 1.82) is 0 Å². The number of thioether (sulfide) groups is 1. The topological polar surface area (TPSA) is 47.6 Å². The Balaban J connectivity index is 2.19. The third-order valence-corrected chi connectivity index (χ3v) is 3.97. The SMILES string of the molecule is COc1ccc(C(=O)C2CSCCN2)cc1OC. The van der Waals surface area contributed by atoms with Crippen molar-refractivity contribution in [1.82, 2.24) is 5.32 Å². The number of hydrogen-bond donors (Lipinski definition) is 1. The Morgan fingerprint density at radius 1 is 1.33 bits per heavy atom. The maximum Gasteiger partial charge on any atom is 0.180 e. The molecule has 0 saturated carbocycles. The van der Waals surface area contributed by atoms with Crippen molar-refractivity contribution in [2.24, 2.45) is 0 Å². The fourth-order valence-electron chi connectivity index (χ4n) is 1.92.